The quantitative estimate of drug-likeness (QED) is 0.451. The maximum Gasteiger partial charge on any atom is 0.279 e. The first-order chi connectivity index (χ1) is 15.7. The van der Waals surface area contributed by atoms with Gasteiger partial charge in [0, 0.05) is 18.0 Å². The van der Waals surface area contributed by atoms with Gasteiger partial charge >= 0.3 is 0 Å². The van der Waals surface area contributed by atoms with Crippen molar-refractivity contribution in [3.63, 3.8) is 0 Å². The average molecular weight is 445 g/mol. The number of carbonyl (C=O) groups excluding carboxylic acids is 1. The third kappa shape index (κ3) is 4.21. The van der Waals surface area contributed by atoms with Gasteiger partial charge < -0.3 is 4.90 Å². The number of thiophene rings is 1. The highest BCUT2D eigenvalue weighted by Crippen LogP contribution is 2.33. The molecule has 5 rings (SSSR count). The second-order valence-electron chi connectivity index (χ2n) is 8.16. The zero-order valence-corrected chi connectivity index (χ0v) is 18.6. The monoisotopic (exact) mass is 444 g/mol. The van der Waals surface area contributed by atoms with Crippen molar-refractivity contribution in [1.82, 2.24) is 19.9 Å². The highest BCUT2D eigenvalue weighted by atomic mass is 32.1. The zero-order chi connectivity index (χ0) is 21.9. The van der Waals surface area contributed by atoms with E-state index in [1.807, 2.05) is 60.7 Å². The first-order valence-corrected chi connectivity index (χ1v) is 11.7. The van der Waals surface area contributed by atoms with Gasteiger partial charge in [0.2, 0.25) is 5.91 Å². The summed E-state index contributed by atoms with van der Waals surface area (Å²) >= 11 is 1.57. The van der Waals surface area contributed by atoms with Crippen molar-refractivity contribution in [2.24, 2.45) is 0 Å². The summed E-state index contributed by atoms with van der Waals surface area (Å²) < 4.78 is 1.23. The van der Waals surface area contributed by atoms with Crippen molar-refractivity contribution < 1.29 is 4.79 Å². The molecular weight excluding hydrogens is 420 g/mol. The van der Waals surface area contributed by atoms with Crippen LogP contribution in [0.2, 0.25) is 0 Å². The molecule has 2 aromatic carbocycles. The zero-order valence-electron chi connectivity index (χ0n) is 17.7. The molecule has 0 spiro atoms. The van der Waals surface area contributed by atoms with Crippen molar-refractivity contribution in [3.05, 3.63) is 92.6 Å². The maximum absolute atomic E-state index is 13.3. The Hall–Kier alpha value is -3.32. The number of carbonyl (C=O) groups is 1. The SMILES string of the molecule is O=C(Cn1nnc2sc3c(c2c1=O)CCCC3)N(Cc1ccccc1)Cc1ccccc1. The lowest BCUT2D eigenvalue weighted by Crippen LogP contribution is -2.37. The second kappa shape index (κ2) is 9.04. The number of fused-ring (bicyclic) bond motifs is 3. The summed E-state index contributed by atoms with van der Waals surface area (Å²) in [5, 5.41) is 9.05. The predicted molar refractivity (Wildman–Crippen MR) is 125 cm³/mol. The smallest absolute Gasteiger partial charge is 0.279 e. The van der Waals surface area contributed by atoms with E-state index in [4.69, 9.17) is 0 Å². The van der Waals surface area contributed by atoms with Gasteiger partial charge in [-0.15, -0.1) is 16.4 Å². The molecule has 2 aromatic heterocycles. The van der Waals surface area contributed by atoms with E-state index in [1.54, 1.807) is 16.2 Å². The predicted octanol–water partition coefficient (Wildman–Crippen LogP) is 3.96. The second-order valence-corrected chi connectivity index (χ2v) is 9.25. The van der Waals surface area contributed by atoms with Gasteiger partial charge in [-0.05, 0) is 42.4 Å². The highest BCUT2D eigenvalue weighted by Gasteiger charge is 2.22. The molecule has 0 radical (unpaired) electrons. The number of hydrogen-bond donors (Lipinski definition) is 0. The number of nitrogens with zero attached hydrogens (tertiary/aromatic N) is 4. The number of aryl methyl sites for hydroxylation is 2. The molecule has 0 aliphatic heterocycles. The number of amides is 1. The molecular formula is C25H24N4O2S. The molecule has 1 aliphatic carbocycles. The Morgan fingerprint density at radius 3 is 2.22 bits per heavy atom. The average Bonchev–Trinajstić information content (AvgIpc) is 3.21. The summed E-state index contributed by atoms with van der Waals surface area (Å²) in [4.78, 5) is 30.3. The number of rotatable bonds is 6. The molecule has 0 unspecified atom stereocenters. The van der Waals surface area contributed by atoms with E-state index in [0.717, 1.165) is 42.4 Å². The van der Waals surface area contributed by atoms with Crippen LogP contribution in [0.4, 0.5) is 0 Å². The van der Waals surface area contributed by atoms with E-state index in [2.05, 4.69) is 10.3 Å². The van der Waals surface area contributed by atoms with Crippen LogP contribution in [0.5, 0.6) is 0 Å². The van der Waals surface area contributed by atoms with Crippen LogP contribution in [-0.4, -0.2) is 25.8 Å². The topological polar surface area (TPSA) is 68.1 Å². The fourth-order valence-corrected chi connectivity index (χ4v) is 5.48. The van der Waals surface area contributed by atoms with Crippen LogP contribution in [0.15, 0.2) is 65.5 Å². The molecule has 0 bridgehead atoms. The molecule has 4 aromatic rings. The molecule has 7 heteroatoms. The molecule has 0 saturated heterocycles. The van der Waals surface area contributed by atoms with Gasteiger partial charge in [-0.3, -0.25) is 9.59 Å². The molecule has 0 saturated carbocycles. The maximum atomic E-state index is 13.3. The Balaban J connectivity index is 1.44. The van der Waals surface area contributed by atoms with Crippen molar-refractivity contribution in [2.45, 2.75) is 45.3 Å². The minimum Gasteiger partial charge on any atom is -0.332 e. The summed E-state index contributed by atoms with van der Waals surface area (Å²) in [5.41, 5.74) is 2.99. The lowest BCUT2D eigenvalue weighted by molar-refractivity contribution is -0.133. The van der Waals surface area contributed by atoms with E-state index in [1.165, 1.54) is 9.56 Å². The fourth-order valence-electron chi connectivity index (χ4n) is 4.28. The van der Waals surface area contributed by atoms with E-state index in [0.29, 0.717) is 23.3 Å². The Morgan fingerprint density at radius 2 is 1.56 bits per heavy atom. The Labute approximate surface area is 190 Å². The summed E-state index contributed by atoms with van der Waals surface area (Å²) in [5.74, 6) is -0.155. The summed E-state index contributed by atoms with van der Waals surface area (Å²) in [7, 11) is 0. The molecule has 0 N–H and O–H groups in total. The summed E-state index contributed by atoms with van der Waals surface area (Å²) in [6.45, 7) is 0.811. The lowest BCUT2D eigenvalue weighted by Gasteiger charge is -2.23. The van der Waals surface area contributed by atoms with Crippen LogP contribution in [-0.2, 0) is 37.3 Å². The van der Waals surface area contributed by atoms with E-state index in [-0.39, 0.29) is 18.0 Å². The van der Waals surface area contributed by atoms with Gasteiger partial charge in [-0.25, -0.2) is 4.68 Å². The van der Waals surface area contributed by atoms with Crippen molar-refractivity contribution in [2.75, 3.05) is 0 Å². The fraction of sp³-hybridized carbons (Fsp3) is 0.280. The van der Waals surface area contributed by atoms with Crippen molar-refractivity contribution in [1.29, 1.82) is 0 Å². The minimum absolute atomic E-state index is 0.119. The summed E-state index contributed by atoms with van der Waals surface area (Å²) in [6.07, 6.45) is 4.13. The molecule has 2 heterocycles. The lowest BCUT2D eigenvalue weighted by atomic mass is 9.97. The van der Waals surface area contributed by atoms with Crippen LogP contribution < -0.4 is 5.56 Å². The Bertz CT molecular complexity index is 1260. The van der Waals surface area contributed by atoms with Crippen LogP contribution in [0, 0.1) is 0 Å². The molecule has 162 valence electrons. The minimum atomic E-state index is -0.206. The largest absolute Gasteiger partial charge is 0.332 e. The number of hydrogen-bond acceptors (Lipinski definition) is 5. The van der Waals surface area contributed by atoms with Gasteiger partial charge in [-0.2, -0.15) is 0 Å². The summed E-state index contributed by atoms with van der Waals surface area (Å²) in [6, 6.07) is 19.8. The van der Waals surface area contributed by atoms with Crippen molar-refractivity contribution in [3.8, 4) is 0 Å². The van der Waals surface area contributed by atoms with E-state index < -0.39 is 0 Å². The number of benzene rings is 2. The molecule has 0 atom stereocenters. The molecule has 0 fully saturated rings. The van der Waals surface area contributed by atoms with Crippen LogP contribution >= 0.6 is 11.3 Å². The third-order valence-electron chi connectivity index (χ3n) is 5.91. The number of aromatic nitrogens is 3. The third-order valence-corrected chi connectivity index (χ3v) is 7.09. The van der Waals surface area contributed by atoms with E-state index in [9.17, 15) is 9.59 Å². The Morgan fingerprint density at radius 1 is 0.938 bits per heavy atom. The Kier molecular flexibility index (Phi) is 5.81. The van der Waals surface area contributed by atoms with E-state index >= 15 is 0 Å². The molecule has 1 aliphatic rings. The first kappa shape index (κ1) is 20.6. The standard InChI is InChI=1S/C25H24N4O2S/c30-22(28(15-18-9-3-1-4-10-18)16-19-11-5-2-6-12-19)17-29-25(31)23-20-13-7-8-14-21(20)32-24(23)26-27-29/h1-6,9-12H,7-8,13-17H2. The van der Waals surface area contributed by atoms with Crippen LogP contribution in [0.1, 0.15) is 34.4 Å². The van der Waals surface area contributed by atoms with Crippen molar-refractivity contribution >= 4 is 27.5 Å². The van der Waals surface area contributed by atoms with Gasteiger partial charge in [0.25, 0.3) is 5.56 Å². The highest BCUT2D eigenvalue weighted by molar-refractivity contribution is 7.18. The van der Waals surface area contributed by atoms with Gasteiger partial charge in [0.15, 0.2) is 4.83 Å². The molecule has 1 amide bonds. The van der Waals surface area contributed by atoms with Gasteiger partial charge in [0.1, 0.15) is 6.54 Å². The van der Waals surface area contributed by atoms with Crippen LogP contribution in [0.3, 0.4) is 0 Å². The van der Waals surface area contributed by atoms with Gasteiger partial charge in [-0.1, -0.05) is 65.9 Å². The van der Waals surface area contributed by atoms with Crippen LogP contribution in [0.25, 0.3) is 10.2 Å². The normalized spacial score (nSPS) is 13.1. The molecule has 6 nitrogen and oxygen atoms in total. The molecule has 32 heavy (non-hydrogen) atoms. The van der Waals surface area contributed by atoms with Gasteiger partial charge in [0.05, 0.1) is 5.39 Å². The first-order valence-electron chi connectivity index (χ1n) is 10.9.